The van der Waals surface area contributed by atoms with Crippen molar-refractivity contribution in [3.8, 4) is 11.1 Å². The molecule has 298 valence electrons. The second kappa shape index (κ2) is 20.7. The maximum atomic E-state index is 12.6. The van der Waals surface area contributed by atoms with E-state index >= 15 is 0 Å². The van der Waals surface area contributed by atoms with E-state index in [4.69, 9.17) is 15.2 Å². The summed E-state index contributed by atoms with van der Waals surface area (Å²) in [6, 6.07) is 42.5. The molecule has 1 aliphatic heterocycles. The summed E-state index contributed by atoms with van der Waals surface area (Å²) in [5, 5.41) is 15.5. The summed E-state index contributed by atoms with van der Waals surface area (Å²) >= 11 is 0. The molecule has 0 aromatic heterocycles. The number of para-hydroxylation sites is 2. The predicted molar refractivity (Wildman–Crippen MR) is 227 cm³/mol. The van der Waals surface area contributed by atoms with Crippen LogP contribution in [0.1, 0.15) is 98.1 Å². The van der Waals surface area contributed by atoms with Crippen LogP contribution in [-0.2, 0) is 32.2 Å². The Morgan fingerprint density at radius 1 is 0.754 bits per heavy atom. The van der Waals surface area contributed by atoms with Crippen molar-refractivity contribution in [1.82, 2.24) is 10.2 Å². The molecule has 5 aromatic carbocycles. The number of carbonyl (C=O) groups is 2. The van der Waals surface area contributed by atoms with Gasteiger partial charge in [0.15, 0.2) is 6.29 Å². The number of aliphatic hydroxyl groups excluding tert-OH is 1. The molecule has 1 fully saturated rings. The highest BCUT2D eigenvalue weighted by atomic mass is 16.7. The monoisotopic (exact) mass is 768 g/mol. The van der Waals surface area contributed by atoms with Crippen LogP contribution < -0.4 is 16.4 Å². The fourth-order valence-corrected chi connectivity index (χ4v) is 7.23. The molecular formula is C48H56N4O5. The number of nitrogen functional groups attached to an aromatic ring is 1. The Balaban J connectivity index is 0.997. The Bertz CT molecular complexity index is 2020. The third kappa shape index (κ3) is 12.1. The largest absolute Gasteiger partial charge is 0.397 e. The molecule has 57 heavy (non-hydrogen) atoms. The van der Waals surface area contributed by atoms with Crippen LogP contribution in [0.15, 0.2) is 127 Å². The first kappa shape index (κ1) is 41.3. The van der Waals surface area contributed by atoms with Crippen molar-refractivity contribution in [1.29, 1.82) is 0 Å². The van der Waals surface area contributed by atoms with Gasteiger partial charge in [0.2, 0.25) is 11.8 Å². The molecular weight excluding hydrogens is 713 g/mol. The molecule has 5 aromatic rings. The lowest BCUT2D eigenvalue weighted by Crippen LogP contribution is -2.38. The minimum atomic E-state index is -0.540. The van der Waals surface area contributed by atoms with Crippen LogP contribution in [0, 0.1) is 0 Å². The van der Waals surface area contributed by atoms with E-state index in [1.165, 1.54) is 5.56 Å². The molecule has 0 bridgehead atoms. The van der Waals surface area contributed by atoms with Crippen LogP contribution in [0.2, 0.25) is 0 Å². The van der Waals surface area contributed by atoms with Gasteiger partial charge in [0.1, 0.15) is 0 Å². The van der Waals surface area contributed by atoms with E-state index in [0.29, 0.717) is 37.2 Å². The molecule has 1 saturated heterocycles. The van der Waals surface area contributed by atoms with Crippen molar-refractivity contribution < 1.29 is 24.2 Å². The zero-order chi connectivity index (χ0) is 40.0. The summed E-state index contributed by atoms with van der Waals surface area (Å²) in [5.74, 6) is -0.0231. The molecule has 9 heteroatoms. The second-order valence-electron chi connectivity index (χ2n) is 15.0. The lowest BCUT2D eigenvalue weighted by molar-refractivity contribution is -0.253. The zero-order valence-electron chi connectivity index (χ0n) is 33.1. The SMILES string of the molecule is C[C@@H](c1ccccc1)N(C)C[C@@H]1C[C@H](c2ccc(CO)cc2)O[C@H](c2ccc(-c3cccc(CNC(=O)CCCCCCC(=O)Nc4ccccc4N)c3)cc2)O1. The Kier molecular flexibility index (Phi) is 15.0. The number of unbranched alkanes of at least 4 members (excludes halogenated alkanes) is 3. The number of benzene rings is 5. The summed E-state index contributed by atoms with van der Waals surface area (Å²) < 4.78 is 13.3. The fourth-order valence-electron chi connectivity index (χ4n) is 7.23. The number of nitrogens with zero attached hydrogens (tertiary/aromatic N) is 1. The molecule has 0 radical (unpaired) electrons. The Morgan fingerprint density at radius 2 is 1.44 bits per heavy atom. The lowest BCUT2D eigenvalue weighted by Gasteiger charge is -2.39. The topological polar surface area (TPSA) is 126 Å². The average molecular weight is 769 g/mol. The minimum Gasteiger partial charge on any atom is -0.397 e. The minimum absolute atomic E-state index is 0.00439. The molecule has 0 unspecified atom stereocenters. The Morgan fingerprint density at radius 3 is 2.16 bits per heavy atom. The maximum absolute atomic E-state index is 12.6. The molecule has 6 rings (SSSR count). The van der Waals surface area contributed by atoms with Gasteiger partial charge in [-0.05, 0) is 78.4 Å². The quantitative estimate of drug-likeness (QED) is 0.0517. The Hall–Kier alpha value is -5.32. The van der Waals surface area contributed by atoms with Crippen LogP contribution in [0.3, 0.4) is 0 Å². The normalized spacial score (nSPS) is 17.2. The average Bonchev–Trinajstić information content (AvgIpc) is 3.25. The van der Waals surface area contributed by atoms with Crippen LogP contribution in [0.5, 0.6) is 0 Å². The van der Waals surface area contributed by atoms with E-state index in [0.717, 1.165) is 65.6 Å². The second-order valence-corrected chi connectivity index (χ2v) is 15.0. The number of anilines is 2. The molecule has 9 nitrogen and oxygen atoms in total. The number of nitrogens with two attached hydrogens (primary N) is 1. The van der Waals surface area contributed by atoms with Gasteiger partial charge in [-0.3, -0.25) is 14.5 Å². The van der Waals surface area contributed by atoms with Crippen LogP contribution >= 0.6 is 0 Å². The van der Waals surface area contributed by atoms with E-state index < -0.39 is 6.29 Å². The van der Waals surface area contributed by atoms with Crippen LogP contribution in [-0.4, -0.2) is 41.5 Å². The number of ether oxygens (including phenoxy) is 2. The summed E-state index contributed by atoms with van der Waals surface area (Å²) in [5.41, 5.74) is 14.4. The third-order valence-corrected chi connectivity index (χ3v) is 10.8. The molecule has 1 aliphatic rings. The number of hydrogen-bond donors (Lipinski definition) is 4. The van der Waals surface area contributed by atoms with Gasteiger partial charge in [-0.2, -0.15) is 0 Å². The summed E-state index contributed by atoms with van der Waals surface area (Å²) in [4.78, 5) is 27.2. The van der Waals surface area contributed by atoms with Crippen molar-refractivity contribution >= 4 is 23.2 Å². The first-order valence-corrected chi connectivity index (χ1v) is 20.1. The third-order valence-electron chi connectivity index (χ3n) is 10.8. The summed E-state index contributed by atoms with van der Waals surface area (Å²) in [6.07, 6.45) is 4.16. The molecule has 2 amide bonds. The number of nitrogens with one attached hydrogen (secondary N) is 2. The van der Waals surface area contributed by atoms with Gasteiger partial charge in [0.25, 0.3) is 0 Å². The van der Waals surface area contributed by atoms with Crippen LogP contribution in [0.4, 0.5) is 11.4 Å². The number of hydrogen-bond acceptors (Lipinski definition) is 7. The van der Waals surface area contributed by atoms with Crippen molar-refractivity contribution in [3.05, 3.63) is 155 Å². The number of likely N-dealkylation sites (N-methyl/N-ethyl adjacent to an activating group) is 1. The van der Waals surface area contributed by atoms with Crippen molar-refractivity contribution in [2.75, 3.05) is 24.6 Å². The highest BCUT2D eigenvalue weighted by molar-refractivity contribution is 5.93. The van der Waals surface area contributed by atoms with E-state index in [2.05, 4.69) is 90.2 Å². The van der Waals surface area contributed by atoms with E-state index in [9.17, 15) is 14.7 Å². The standard InChI is InChI=1S/C48H56N4O5/c1-34(37-14-6-5-7-15-37)52(2)32-42-30-45(39-23-21-35(33-53)22-24-39)57-48(56-42)40-27-25-38(26-28-40)41-16-12-13-36(29-41)31-50-46(54)19-8-3-4-9-20-47(55)51-44-18-11-10-17-43(44)49/h5-7,10-18,21-29,34,42,45,48,53H,3-4,8-9,19-20,30-33,49H2,1-2H3,(H,50,54)(H,51,55)/t34-,42-,45+,48+/m0/s1. The van der Waals surface area contributed by atoms with Gasteiger partial charge >= 0.3 is 0 Å². The number of amides is 2. The highest BCUT2D eigenvalue weighted by Crippen LogP contribution is 2.39. The van der Waals surface area contributed by atoms with E-state index in [-0.39, 0.29) is 36.7 Å². The lowest BCUT2D eigenvalue weighted by atomic mass is 9.98. The maximum Gasteiger partial charge on any atom is 0.224 e. The molecule has 5 N–H and O–H groups in total. The van der Waals surface area contributed by atoms with Crippen molar-refractivity contribution in [3.63, 3.8) is 0 Å². The van der Waals surface area contributed by atoms with E-state index in [1.807, 2.05) is 54.6 Å². The van der Waals surface area contributed by atoms with Gasteiger partial charge in [0, 0.05) is 44.0 Å². The smallest absolute Gasteiger partial charge is 0.224 e. The molecule has 0 aliphatic carbocycles. The van der Waals surface area contributed by atoms with Gasteiger partial charge in [0.05, 0.1) is 30.2 Å². The van der Waals surface area contributed by atoms with Gasteiger partial charge in [-0.15, -0.1) is 0 Å². The van der Waals surface area contributed by atoms with Crippen LogP contribution in [0.25, 0.3) is 11.1 Å². The van der Waals surface area contributed by atoms with Crippen molar-refractivity contribution in [2.24, 2.45) is 0 Å². The van der Waals surface area contributed by atoms with E-state index in [1.54, 1.807) is 12.1 Å². The fraction of sp³-hybridized carbons (Fsp3) is 0.333. The number of carbonyl (C=O) groups excluding carboxylic acids is 2. The molecule has 1 heterocycles. The number of aliphatic hydroxyl groups is 1. The van der Waals surface area contributed by atoms with Gasteiger partial charge in [-0.25, -0.2) is 0 Å². The van der Waals surface area contributed by atoms with Crippen molar-refractivity contribution in [2.45, 2.75) is 89.6 Å². The highest BCUT2D eigenvalue weighted by Gasteiger charge is 2.33. The number of rotatable bonds is 18. The molecule has 0 spiro atoms. The van der Waals surface area contributed by atoms with Gasteiger partial charge < -0.3 is 30.9 Å². The summed E-state index contributed by atoms with van der Waals surface area (Å²) in [6.45, 7) is 3.43. The first-order chi connectivity index (χ1) is 27.7. The Labute approximate surface area is 337 Å². The first-order valence-electron chi connectivity index (χ1n) is 20.1. The van der Waals surface area contributed by atoms with Gasteiger partial charge in [-0.1, -0.05) is 122 Å². The summed E-state index contributed by atoms with van der Waals surface area (Å²) in [7, 11) is 2.14. The molecule has 4 atom stereocenters. The zero-order valence-corrected chi connectivity index (χ0v) is 33.1. The molecule has 0 saturated carbocycles. The predicted octanol–water partition coefficient (Wildman–Crippen LogP) is 9.26.